The van der Waals surface area contributed by atoms with Crippen molar-refractivity contribution < 1.29 is 14.3 Å². The van der Waals surface area contributed by atoms with Crippen LogP contribution in [-0.4, -0.2) is 41.6 Å². The van der Waals surface area contributed by atoms with Crippen LogP contribution >= 0.6 is 0 Å². The van der Waals surface area contributed by atoms with Crippen LogP contribution in [0.1, 0.15) is 41.5 Å². The molecule has 2 amide bonds. The Morgan fingerprint density at radius 1 is 1.32 bits per heavy atom. The summed E-state index contributed by atoms with van der Waals surface area (Å²) in [5.74, 6) is -0.432. The maximum Gasteiger partial charge on any atom is 0.333 e. The Kier molecular flexibility index (Phi) is 6.59. The highest BCUT2D eigenvalue weighted by Gasteiger charge is 2.26. The summed E-state index contributed by atoms with van der Waals surface area (Å²) < 4.78 is 5.02. The molecule has 0 aromatic rings. The van der Waals surface area contributed by atoms with E-state index in [1.807, 2.05) is 34.6 Å². The second kappa shape index (κ2) is 7.16. The largest absolute Gasteiger partial charge is 0.460 e. The number of urea groups is 1. The van der Waals surface area contributed by atoms with Crippen LogP contribution in [0.3, 0.4) is 0 Å². The number of carbonyl (C=O) groups excluding carboxylic acids is 2. The van der Waals surface area contributed by atoms with Gasteiger partial charge in [0, 0.05) is 17.2 Å². The average Bonchev–Trinajstić information content (AvgIpc) is 2.20. The first kappa shape index (κ1) is 17.5. The monoisotopic (exact) mass is 270 g/mol. The molecule has 0 saturated carbocycles. The molecule has 0 bridgehead atoms. The van der Waals surface area contributed by atoms with E-state index in [-0.39, 0.29) is 24.2 Å². The topological polar surface area (TPSA) is 58.6 Å². The van der Waals surface area contributed by atoms with Crippen molar-refractivity contribution in [3.05, 3.63) is 12.2 Å². The fourth-order valence-electron chi connectivity index (χ4n) is 1.42. The van der Waals surface area contributed by atoms with Gasteiger partial charge in [0.15, 0.2) is 0 Å². The molecule has 0 heterocycles. The number of nitrogens with one attached hydrogen (secondary N) is 1. The quantitative estimate of drug-likeness (QED) is 0.616. The molecule has 0 aromatic heterocycles. The van der Waals surface area contributed by atoms with Crippen LogP contribution < -0.4 is 5.32 Å². The van der Waals surface area contributed by atoms with Crippen LogP contribution in [0.2, 0.25) is 0 Å². The van der Waals surface area contributed by atoms with Crippen LogP contribution in [0.15, 0.2) is 12.2 Å². The summed E-state index contributed by atoms with van der Waals surface area (Å²) in [5.41, 5.74) is 0.0168. The molecule has 0 spiro atoms. The molecule has 19 heavy (non-hydrogen) atoms. The Morgan fingerprint density at radius 3 is 2.21 bits per heavy atom. The van der Waals surface area contributed by atoms with Gasteiger partial charge in [-0.3, -0.25) is 0 Å². The van der Waals surface area contributed by atoms with Crippen LogP contribution in [0, 0.1) is 0 Å². The SMILES string of the molecule is C=C(C)C(=O)OCCN(C(=O)NC(C)C)C(C)(C)C. The summed E-state index contributed by atoms with van der Waals surface area (Å²) in [5, 5.41) is 2.84. The zero-order valence-electron chi connectivity index (χ0n) is 12.9. The second-order valence-corrected chi connectivity index (χ2v) is 5.84. The lowest BCUT2D eigenvalue weighted by molar-refractivity contribution is -0.139. The maximum absolute atomic E-state index is 12.1. The number of nitrogens with zero attached hydrogens (tertiary/aromatic N) is 1. The summed E-state index contributed by atoms with van der Waals surface area (Å²) >= 11 is 0. The molecule has 0 unspecified atom stereocenters. The molecule has 0 rings (SSSR count). The minimum Gasteiger partial charge on any atom is -0.460 e. The number of rotatable bonds is 5. The van der Waals surface area contributed by atoms with Crippen molar-refractivity contribution in [2.24, 2.45) is 0 Å². The highest BCUT2D eigenvalue weighted by molar-refractivity contribution is 5.86. The van der Waals surface area contributed by atoms with Gasteiger partial charge in [0.05, 0.1) is 6.54 Å². The maximum atomic E-state index is 12.1. The number of esters is 1. The Hall–Kier alpha value is -1.52. The Bertz CT molecular complexity index is 343. The molecule has 0 aliphatic heterocycles. The van der Waals surface area contributed by atoms with E-state index < -0.39 is 5.97 Å². The zero-order valence-corrected chi connectivity index (χ0v) is 12.9. The van der Waals surface area contributed by atoms with E-state index in [2.05, 4.69) is 11.9 Å². The van der Waals surface area contributed by atoms with Gasteiger partial charge in [-0.2, -0.15) is 0 Å². The third-order valence-electron chi connectivity index (χ3n) is 2.36. The van der Waals surface area contributed by atoms with Crippen molar-refractivity contribution in [2.45, 2.75) is 53.1 Å². The predicted molar refractivity (Wildman–Crippen MR) is 75.9 cm³/mol. The van der Waals surface area contributed by atoms with E-state index in [9.17, 15) is 9.59 Å². The van der Waals surface area contributed by atoms with E-state index in [1.165, 1.54) is 0 Å². The minimum absolute atomic E-state index is 0.0651. The van der Waals surface area contributed by atoms with Crippen molar-refractivity contribution in [1.82, 2.24) is 10.2 Å². The number of amides is 2. The molecule has 5 nitrogen and oxygen atoms in total. The molecule has 0 aliphatic rings. The van der Waals surface area contributed by atoms with E-state index >= 15 is 0 Å². The summed E-state index contributed by atoms with van der Waals surface area (Å²) in [6.07, 6.45) is 0. The van der Waals surface area contributed by atoms with Gasteiger partial charge in [-0.05, 0) is 41.5 Å². The third kappa shape index (κ3) is 6.84. The van der Waals surface area contributed by atoms with Gasteiger partial charge in [-0.1, -0.05) is 6.58 Å². The van der Waals surface area contributed by atoms with E-state index in [1.54, 1.807) is 11.8 Å². The molecule has 1 N–H and O–H groups in total. The van der Waals surface area contributed by atoms with E-state index in [0.29, 0.717) is 12.1 Å². The Labute approximate surface area is 116 Å². The van der Waals surface area contributed by atoms with Gasteiger partial charge in [-0.15, -0.1) is 0 Å². The smallest absolute Gasteiger partial charge is 0.333 e. The molecule has 0 saturated heterocycles. The van der Waals surface area contributed by atoms with Crippen molar-refractivity contribution in [3.8, 4) is 0 Å². The summed E-state index contributed by atoms with van der Waals surface area (Å²) in [7, 11) is 0. The first-order valence-electron chi connectivity index (χ1n) is 6.46. The summed E-state index contributed by atoms with van der Waals surface area (Å²) in [6.45, 7) is 15.2. The Morgan fingerprint density at radius 2 is 1.84 bits per heavy atom. The fraction of sp³-hybridized carbons (Fsp3) is 0.714. The van der Waals surface area contributed by atoms with Gasteiger partial charge in [0.1, 0.15) is 6.61 Å². The lowest BCUT2D eigenvalue weighted by Crippen LogP contribution is -2.53. The first-order valence-corrected chi connectivity index (χ1v) is 6.46. The molecule has 0 radical (unpaired) electrons. The second-order valence-electron chi connectivity index (χ2n) is 5.84. The van der Waals surface area contributed by atoms with Crippen LogP contribution in [0.25, 0.3) is 0 Å². The van der Waals surface area contributed by atoms with Gasteiger partial charge in [-0.25, -0.2) is 9.59 Å². The van der Waals surface area contributed by atoms with Gasteiger partial charge in [0.2, 0.25) is 0 Å². The van der Waals surface area contributed by atoms with Crippen molar-refractivity contribution in [1.29, 1.82) is 0 Å². The number of ether oxygens (including phenoxy) is 1. The molecular formula is C14H26N2O3. The standard InChI is InChI=1S/C14H26N2O3/c1-10(2)12(17)19-9-8-16(14(5,6)7)13(18)15-11(3)4/h11H,1,8-9H2,2-7H3,(H,15,18). The highest BCUT2D eigenvalue weighted by Crippen LogP contribution is 2.13. The molecule has 0 aliphatic carbocycles. The highest BCUT2D eigenvalue weighted by atomic mass is 16.5. The molecule has 110 valence electrons. The van der Waals surface area contributed by atoms with Crippen molar-refractivity contribution in [3.63, 3.8) is 0 Å². The fourth-order valence-corrected chi connectivity index (χ4v) is 1.42. The lowest BCUT2D eigenvalue weighted by atomic mass is 10.1. The normalized spacial score (nSPS) is 11.1. The van der Waals surface area contributed by atoms with Crippen LogP contribution in [0.4, 0.5) is 4.79 Å². The third-order valence-corrected chi connectivity index (χ3v) is 2.36. The summed E-state index contributed by atoms with van der Waals surface area (Å²) in [6, 6.07) is -0.0933. The van der Waals surface area contributed by atoms with Gasteiger partial charge >= 0.3 is 12.0 Å². The average molecular weight is 270 g/mol. The van der Waals surface area contributed by atoms with Crippen LogP contribution in [-0.2, 0) is 9.53 Å². The number of hydrogen-bond donors (Lipinski definition) is 1. The van der Waals surface area contributed by atoms with Crippen molar-refractivity contribution >= 4 is 12.0 Å². The van der Waals surface area contributed by atoms with Gasteiger partial charge in [0.25, 0.3) is 0 Å². The Balaban J connectivity index is 4.51. The molecular weight excluding hydrogens is 244 g/mol. The van der Waals surface area contributed by atoms with Gasteiger partial charge < -0.3 is 15.0 Å². The molecule has 0 fully saturated rings. The number of carbonyl (C=O) groups is 2. The minimum atomic E-state index is -0.432. The van der Waals surface area contributed by atoms with Crippen LogP contribution in [0.5, 0.6) is 0 Å². The number of hydrogen-bond acceptors (Lipinski definition) is 3. The lowest BCUT2D eigenvalue weighted by Gasteiger charge is -2.36. The van der Waals surface area contributed by atoms with E-state index in [0.717, 1.165) is 0 Å². The molecule has 0 atom stereocenters. The summed E-state index contributed by atoms with van der Waals surface area (Å²) in [4.78, 5) is 25.0. The van der Waals surface area contributed by atoms with E-state index in [4.69, 9.17) is 4.74 Å². The predicted octanol–water partition coefficient (Wildman–Crippen LogP) is 2.32. The molecule has 5 heteroatoms. The first-order chi connectivity index (χ1) is 8.55. The zero-order chi connectivity index (χ0) is 15.2. The molecule has 0 aromatic carbocycles. The van der Waals surface area contributed by atoms with Crippen molar-refractivity contribution in [2.75, 3.05) is 13.2 Å².